The highest BCUT2D eigenvalue weighted by molar-refractivity contribution is 5.53. The van der Waals surface area contributed by atoms with Crippen molar-refractivity contribution in [1.82, 2.24) is 4.98 Å². The van der Waals surface area contributed by atoms with Crippen LogP contribution in [0.15, 0.2) is 6.20 Å². The second-order valence-electron chi connectivity index (χ2n) is 2.88. The molecule has 0 saturated carbocycles. The maximum absolute atomic E-state index is 12.5. The molecule has 0 aliphatic carbocycles. The minimum atomic E-state index is -5.19. The smallest absolute Gasteiger partial charge is 0.490 e. The predicted octanol–water partition coefficient (Wildman–Crippen LogP) is 2.80. The van der Waals surface area contributed by atoms with Gasteiger partial charge in [0.25, 0.3) is 6.43 Å². The lowest BCUT2D eigenvalue weighted by Gasteiger charge is -2.16. The van der Waals surface area contributed by atoms with Crippen molar-refractivity contribution in [3.63, 3.8) is 0 Å². The average molecular weight is 268 g/mol. The first kappa shape index (κ1) is 14.0. The predicted molar refractivity (Wildman–Crippen MR) is 47.1 cm³/mol. The number of alkyl halides is 5. The summed E-state index contributed by atoms with van der Waals surface area (Å²) in [4.78, 5) is 3.27. The number of pyridine rings is 1. The van der Waals surface area contributed by atoms with Crippen molar-refractivity contribution in [2.45, 2.75) is 12.8 Å². The maximum atomic E-state index is 12.5. The Bertz CT molecular complexity index is 481. The van der Waals surface area contributed by atoms with E-state index in [1.165, 1.54) is 6.07 Å². The lowest BCUT2D eigenvalue weighted by atomic mass is 10.2. The van der Waals surface area contributed by atoms with Gasteiger partial charge in [-0.25, -0.2) is 13.8 Å². The second kappa shape index (κ2) is 5.03. The van der Waals surface area contributed by atoms with Crippen molar-refractivity contribution in [2.75, 3.05) is 7.11 Å². The van der Waals surface area contributed by atoms with Gasteiger partial charge in [0.15, 0.2) is 17.2 Å². The molecule has 98 valence electrons. The van der Waals surface area contributed by atoms with E-state index in [4.69, 9.17) is 5.26 Å². The van der Waals surface area contributed by atoms with Gasteiger partial charge < -0.3 is 9.47 Å². The van der Waals surface area contributed by atoms with E-state index < -0.39 is 35.5 Å². The maximum Gasteiger partial charge on any atom is 0.573 e. The lowest BCUT2D eigenvalue weighted by Crippen LogP contribution is -2.19. The molecule has 0 spiro atoms. The summed E-state index contributed by atoms with van der Waals surface area (Å²) in [6.45, 7) is 0. The van der Waals surface area contributed by atoms with Crippen molar-refractivity contribution in [2.24, 2.45) is 0 Å². The Balaban J connectivity index is 3.44. The summed E-state index contributed by atoms with van der Waals surface area (Å²) in [7, 11) is 0.913. The molecule has 0 unspecified atom stereocenters. The van der Waals surface area contributed by atoms with Crippen LogP contribution in [0.2, 0.25) is 0 Å². The molecule has 0 N–H and O–H groups in total. The van der Waals surface area contributed by atoms with Gasteiger partial charge in [-0.1, -0.05) is 0 Å². The molecule has 0 aliphatic rings. The number of rotatable bonds is 3. The van der Waals surface area contributed by atoms with Crippen molar-refractivity contribution >= 4 is 0 Å². The summed E-state index contributed by atoms with van der Waals surface area (Å²) in [5.41, 5.74) is -1.69. The zero-order chi connectivity index (χ0) is 13.9. The van der Waals surface area contributed by atoms with Crippen LogP contribution in [0, 0.1) is 11.3 Å². The number of aromatic nitrogens is 1. The molecule has 18 heavy (non-hydrogen) atoms. The summed E-state index contributed by atoms with van der Waals surface area (Å²) in [6.07, 6.45) is -8.01. The van der Waals surface area contributed by atoms with E-state index in [0.717, 1.165) is 7.11 Å². The van der Waals surface area contributed by atoms with Crippen LogP contribution in [-0.2, 0) is 0 Å². The summed E-state index contributed by atoms with van der Waals surface area (Å²) in [5, 5.41) is 8.59. The topological polar surface area (TPSA) is 55.1 Å². The molecule has 9 heteroatoms. The fraction of sp³-hybridized carbons (Fsp3) is 0.333. The van der Waals surface area contributed by atoms with E-state index in [9.17, 15) is 22.0 Å². The van der Waals surface area contributed by atoms with Crippen LogP contribution in [0.4, 0.5) is 22.0 Å². The first-order chi connectivity index (χ1) is 8.30. The number of ether oxygens (including phenoxy) is 2. The average Bonchev–Trinajstić information content (AvgIpc) is 2.25. The molecule has 0 aromatic carbocycles. The quantitative estimate of drug-likeness (QED) is 0.791. The van der Waals surface area contributed by atoms with Crippen LogP contribution in [0.25, 0.3) is 0 Å². The fourth-order valence-electron chi connectivity index (χ4n) is 1.14. The van der Waals surface area contributed by atoms with Gasteiger partial charge in [-0.15, -0.1) is 13.2 Å². The molecule has 1 aromatic heterocycles. The largest absolute Gasteiger partial charge is 0.573 e. The normalized spacial score (nSPS) is 11.2. The molecule has 1 rings (SSSR count). The molecule has 0 bridgehead atoms. The Hall–Kier alpha value is -2.11. The van der Waals surface area contributed by atoms with E-state index in [0.29, 0.717) is 6.20 Å². The minimum absolute atomic E-state index is 0.437. The van der Waals surface area contributed by atoms with Crippen molar-refractivity contribution in [3.05, 3.63) is 17.5 Å². The zero-order valence-electron chi connectivity index (χ0n) is 8.76. The zero-order valence-corrected chi connectivity index (χ0v) is 8.76. The first-order valence-electron chi connectivity index (χ1n) is 4.31. The van der Waals surface area contributed by atoms with Gasteiger partial charge >= 0.3 is 6.36 Å². The van der Waals surface area contributed by atoms with Crippen molar-refractivity contribution in [1.29, 1.82) is 5.26 Å². The number of halogens is 5. The molecular weight excluding hydrogens is 263 g/mol. The van der Waals surface area contributed by atoms with Crippen molar-refractivity contribution < 1.29 is 31.4 Å². The standard InChI is InChI=1S/C9H5F5N2O2/c1-17-7-5(2-15)16-3-4(8(10)11)6(7)18-9(12,13)14/h3,8H,1H3. The Morgan fingerprint density at radius 3 is 2.33 bits per heavy atom. The number of methoxy groups -OCH3 is 1. The molecule has 0 atom stereocenters. The van der Waals surface area contributed by atoms with E-state index in [1.54, 1.807) is 0 Å². The van der Waals surface area contributed by atoms with Gasteiger partial charge in [-0.2, -0.15) is 5.26 Å². The molecule has 0 fully saturated rings. The van der Waals surface area contributed by atoms with E-state index in [1.807, 2.05) is 0 Å². The fourth-order valence-corrected chi connectivity index (χ4v) is 1.14. The minimum Gasteiger partial charge on any atom is -0.490 e. The summed E-state index contributed by atoms with van der Waals surface area (Å²) in [5.74, 6) is -2.04. The highest BCUT2D eigenvalue weighted by Crippen LogP contribution is 2.40. The van der Waals surface area contributed by atoms with Crippen molar-refractivity contribution in [3.8, 4) is 17.6 Å². The first-order valence-corrected chi connectivity index (χ1v) is 4.31. The van der Waals surface area contributed by atoms with Crippen LogP contribution in [0.1, 0.15) is 17.7 Å². The van der Waals surface area contributed by atoms with Crippen LogP contribution in [0.5, 0.6) is 11.5 Å². The van der Waals surface area contributed by atoms with E-state index in [2.05, 4.69) is 14.5 Å². The van der Waals surface area contributed by atoms with Crippen LogP contribution in [-0.4, -0.2) is 18.5 Å². The highest BCUT2D eigenvalue weighted by Gasteiger charge is 2.36. The number of nitriles is 1. The number of hydrogen-bond donors (Lipinski definition) is 0. The Morgan fingerprint density at radius 1 is 1.33 bits per heavy atom. The second-order valence-corrected chi connectivity index (χ2v) is 2.88. The Kier molecular flexibility index (Phi) is 3.90. The monoisotopic (exact) mass is 268 g/mol. The number of hydrogen-bond acceptors (Lipinski definition) is 4. The van der Waals surface area contributed by atoms with Crippen LogP contribution < -0.4 is 9.47 Å². The summed E-state index contributed by atoms with van der Waals surface area (Å²) in [6, 6.07) is 1.41. The van der Waals surface area contributed by atoms with E-state index >= 15 is 0 Å². The van der Waals surface area contributed by atoms with Crippen LogP contribution in [0.3, 0.4) is 0 Å². The Morgan fingerprint density at radius 2 is 1.94 bits per heavy atom. The van der Waals surface area contributed by atoms with Gasteiger partial charge in [0.05, 0.1) is 12.7 Å². The Labute approximate surface area is 97.6 Å². The van der Waals surface area contributed by atoms with Crippen LogP contribution >= 0.6 is 0 Å². The lowest BCUT2D eigenvalue weighted by molar-refractivity contribution is -0.275. The molecule has 1 aromatic rings. The molecule has 0 aliphatic heterocycles. The SMILES string of the molecule is COc1c(C#N)ncc(C(F)F)c1OC(F)(F)F. The third kappa shape index (κ3) is 2.97. The molecule has 0 radical (unpaired) electrons. The number of nitrogens with zero attached hydrogens (tertiary/aromatic N) is 2. The molecule has 0 saturated heterocycles. The summed E-state index contributed by atoms with van der Waals surface area (Å²) < 4.78 is 69.3. The van der Waals surface area contributed by atoms with Gasteiger partial charge in [-0.05, 0) is 0 Å². The van der Waals surface area contributed by atoms with Gasteiger partial charge in [0.2, 0.25) is 0 Å². The highest BCUT2D eigenvalue weighted by atomic mass is 19.4. The third-order valence-electron chi connectivity index (χ3n) is 1.78. The van der Waals surface area contributed by atoms with Gasteiger partial charge in [-0.3, -0.25) is 0 Å². The van der Waals surface area contributed by atoms with Gasteiger partial charge in [0, 0.05) is 6.20 Å². The summed E-state index contributed by atoms with van der Waals surface area (Å²) >= 11 is 0. The molecule has 0 amide bonds. The molecular formula is C9H5F5N2O2. The third-order valence-corrected chi connectivity index (χ3v) is 1.78. The van der Waals surface area contributed by atoms with E-state index in [-0.39, 0.29) is 0 Å². The molecule has 4 nitrogen and oxygen atoms in total. The molecule has 1 heterocycles. The van der Waals surface area contributed by atoms with Gasteiger partial charge in [0.1, 0.15) is 6.07 Å².